The number of hydrogen-bond acceptors (Lipinski definition) is 5. The highest BCUT2D eigenvalue weighted by Gasteiger charge is 2.65. The second-order valence-electron chi connectivity index (χ2n) is 6.29. The van der Waals surface area contributed by atoms with Gasteiger partial charge in [-0.05, 0) is 29.8 Å². The number of benzene rings is 2. The van der Waals surface area contributed by atoms with Crippen molar-refractivity contribution in [2.24, 2.45) is 10.2 Å². The molecule has 2 aromatic carbocycles. The first-order chi connectivity index (χ1) is 13.8. The van der Waals surface area contributed by atoms with Gasteiger partial charge in [-0.1, -0.05) is 24.1 Å². The van der Waals surface area contributed by atoms with Crippen molar-refractivity contribution < 1.29 is 23.0 Å². The van der Waals surface area contributed by atoms with Crippen LogP contribution in [-0.2, 0) is 5.66 Å². The van der Waals surface area contributed by atoms with Gasteiger partial charge in [0.2, 0.25) is 0 Å². The Kier molecular flexibility index (Phi) is 4.27. The minimum absolute atomic E-state index is 0.0691. The van der Waals surface area contributed by atoms with Gasteiger partial charge in [0, 0.05) is 17.2 Å². The minimum atomic E-state index is -4.60. The van der Waals surface area contributed by atoms with Crippen LogP contribution in [0.2, 0.25) is 0 Å². The summed E-state index contributed by atoms with van der Waals surface area (Å²) in [5.41, 5.74) is -0.759. The van der Waals surface area contributed by atoms with Crippen molar-refractivity contribution in [1.29, 1.82) is 0 Å². The molecule has 0 fully saturated rings. The third-order valence-corrected chi connectivity index (χ3v) is 4.42. The first-order valence-electron chi connectivity index (χ1n) is 8.41. The van der Waals surface area contributed by atoms with Gasteiger partial charge in [-0.25, -0.2) is 0 Å². The molecule has 29 heavy (non-hydrogen) atoms. The third-order valence-electron chi connectivity index (χ3n) is 4.42. The van der Waals surface area contributed by atoms with Crippen LogP contribution in [0.25, 0.3) is 22.5 Å². The molecule has 0 bridgehead atoms. The molecule has 1 aromatic heterocycles. The summed E-state index contributed by atoms with van der Waals surface area (Å²) in [6, 6.07) is 12.1. The van der Waals surface area contributed by atoms with E-state index in [9.17, 15) is 18.3 Å². The molecule has 146 valence electrons. The zero-order valence-electron chi connectivity index (χ0n) is 14.7. The maximum Gasteiger partial charge on any atom is 0.442 e. The molecule has 0 unspecified atom stereocenters. The lowest BCUT2D eigenvalue weighted by atomic mass is 9.99. The molecule has 1 aliphatic rings. The average molecular weight is 398 g/mol. The first-order valence-corrected chi connectivity index (χ1v) is 8.41. The monoisotopic (exact) mass is 398 g/mol. The Labute approximate surface area is 163 Å². The van der Waals surface area contributed by atoms with Crippen molar-refractivity contribution in [3.8, 4) is 46.4 Å². The van der Waals surface area contributed by atoms with Gasteiger partial charge in [0.05, 0.1) is 11.4 Å². The highest BCUT2D eigenvalue weighted by molar-refractivity contribution is 5.73. The molecule has 6 nitrogen and oxygen atoms in total. The highest BCUT2D eigenvalue weighted by atomic mass is 19.4. The van der Waals surface area contributed by atoms with Crippen molar-refractivity contribution >= 4 is 0 Å². The normalized spacial score (nSPS) is 14.4. The minimum Gasteiger partial charge on any atom is -0.507 e. The van der Waals surface area contributed by atoms with Crippen molar-refractivity contribution in [2.75, 3.05) is 6.61 Å². The Morgan fingerprint density at radius 1 is 1.14 bits per heavy atom. The van der Waals surface area contributed by atoms with Gasteiger partial charge in [-0.15, -0.1) is 16.7 Å². The number of nitrogens with one attached hydrogen (secondary N) is 1. The number of hydrogen-bond donors (Lipinski definition) is 2. The number of rotatable bonds is 5. The number of aromatic amines is 1. The molecular formula is C20H13F3N4O2. The third kappa shape index (κ3) is 3.29. The number of nitrogens with zero attached hydrogens (tertiary/aromatic N) is 3. The van der Waals surface area contributed by atoms with Crippen LogP contribution in [0.1, 0.15) is 5.56 Å². The maximum atomic E-state index is 13.2. The summed E-state index contributed by atoms with van der Waals surface area (Å²) >= 11 is 0. The van der Waals surface area contributed by atoms with E-state index in [1.807, 2.05) is 0 Å². The van der Waals surface area contributed by atoms with Crippen molar-refractivity contribution in [3.05, 3.63) is 54.1 Å². The van der Waals surface area contributed by atoms with Crippen LogP contribution in [-0.4, -0.2) is 28.1 Å². The predicted octanol–water partition coefficient (Wildman–Crippen LogP) is 4.64. The van der Waals surface area contributed by atoms with Crippen LogP contribution in [0.5, 0.6) is 11.5 Å². The van der Waals surface area contributed by atoms with Gasteiger partial charge in [0.1, 0.15) is 18.1 Å². The van der Waals surface area contributed by atoms with E-state index >= 15 is 0 Å². The van der Waals surface area contributed by atoms with Crippen LogP contribution in [0.3, 0.4) is 0 Å². The van der Waals surface area contributed by atoms with Crippen molar-refractivity contribution in [1.82, 2.24) is 10.2 Å². The Balaban J connectivity index is 1.62. The van der Waals surface area contributed by atoms with Crippen LogP contribution < -0.4 is 4.74 Å². The summed E-state index contributed by atoms with van der Waals surface area (Å²) in [5, 5.41) is 23.6. The molecule has 9 heteroatoms. The smallest absolute Gasteiger partial charge is 0.442 e. The fraction of sp³-hybridized carbons (Fsp3) is 0.150. The van der Waals surface area contributed by atoms with E-state index in [1.54, 1.807) is 24.3 Å². The number of phenols is 1. The topological polar surface area (TPSA) is 82.9 Å². The molecule has 2 heterocycles. The standard InChI is InChI=1S/C20H13F3N4O2/c1-2-8-29-14-6-7-15(18(28)10-14)17-11-16(24-25-17)12-4-3-5-13(9-12)19(26-27-19)20(21,22)23/h1,3-7,9-11,28H,8H2,(H,24,25). The highest BCUT2D eigenvalue weighted by Crippen LogP contribution is 2.52. The SMILES string of the molecule is C#CCOc1ccc(-c2cc(-c3cccc(C4(C(F)(F)F)N=N4)c3)[nH]n2)c(O)c1. The zero-order chi connectivity index (χ0) is 20.6. The fourth-order valence-electron chi connectivity index (χ4n) is 2.90. The Bertz CT molecular complexity index is 1140. The number of aromatic nitrogens is 2. The van der Waals surface area contributed by atoms with Gasteiger partial charge in [0.25, 0.3) is 0 Å². The molecule has 0 atom stereocenters. The summed E-state index contributed by atoms with van der Waals surface area (Å²) in [6.45, 7) is 0.0691. The lowest BCUT2D eigenvalue weighted by Gasteiger charge is -2.15. The Morgan fingerprint density at radius 2 is 1.93 bits per heavy atom. The van der Waals surface area contributed by atoms with E-state index in [0.717, 1.165) is 0 Å². The van der Waals surface area contributed by atoms with E-state index in [-0.39, 0.29) is 17.9 Å². The second kappa shape index (κ2) is 6.67. The van der Waals surface area contributed by atoms with Crippen molar-refractivity contribution in [3.63, 3.8) is 0 Å². The molecule has 0 radical (unpaired) electrons. The maximum absolute atomic E-state index is 13.2. The number of halogens is 3. The van der Waals surface area contributed by atoms with Crippen LogP contribution in [0, 0.1) is 12.3 Å². The van der Waals surface area contributed by atoms with E-state index in [4.69, 9.17) is 11.2 Å². The molecule has 0 saturated carbocycles. The summed E-state index contributed by atoms with van der Waals surface area (Å²) in [7, 11) is 0. The van der Waals surface area contributed by atoms with Gasteiger partial charge in [-0.3, -0.25) is 5.10 Å². The summed E-state index contributed by atoms with van der Waals surface area (Å²) in [5.74, 6) is 2.66. The number of aromatic hydroxyl groups is 1. The molecule has 4 rings (SSSR count). The predicted molar refractivity (Wildman–Crippen MR) is 98.0 cm³/mol. The molecular weight excluding hydrogens is 385 g/mol. The van der Waals surface area contributed by atoms with Gasteiger partial charge < -0.3 is 9.84 Å². The largest absolute Gasteiger partial charge is 0.507 e. The number of H-pyrrole nitrogens is 1. The second-order valence-corrected chi connectivity index (χ2v) is 6.29. The molecule has 3 aromatic rings. The number of phenolic OH excluding ortho intramolecular Hbond substituents is 1. The van der Waals surface area contributed by atoms with E-state index in [1.165, 1.54) is 24.3 Å². The quantitative estimate of drug-likeness (QED) is 0.614. The summed E-state index contributed by atoms with van der Waals surface area (Å²) in [4.78, 5) is 0. The van der Waals surface area contributed by atoms with E-state index in [2.05, 4.69) is 26.3 Å². The van der Waals surface area contributed by atoms with Crippen LogP contribution in [0.4, 0.5) is 13.2 Å². The van der Waals surface area contributed by atoms with Crippen LogP contribution >= 0.6 is 0 Å². The van der Waals surface area contributed by atoms with Crippen LogP contribution in [0.15, 0.2) is 58.8 Å². The number of terminal acetylenes is 1. The lowest BCUT2D eigenvalue weighted by Crippen LogP contribution is -2.30. The first kappa shape index (κ1) is 18.6. The van der Waals surface area contributed by atoms with Gasteiger partial charge in [-0.2, -0.15) is 18.3 Å². The number of alkyl halides is 3. The fourth-order valence-corrected chi connectivity index (χ4v) is 2.90. The molecule has 0 saturated heterocycles. The molecule has 0 aliphatic carbocycles. The lowest BCUT2D eigenvalue weighted by molar-refractivity contribution is -0.166. The van der Waals surface area contributed by atoms with Gasteiger partial charge in [0.15, 0.2) is 0 Å². The molecule has 0 spiro atoms. The Morgan fingerprint density at radius 3 is 2.59 bits per heavy atom. The summed E-state index contributed by atoms with van der Waals surface area (Å²) < 4.78 is 45.0. The Hall–Kier alpha value is -3.80. The average Bonchev–Trinajstić information content (AvgIpc) is 3.39. The zero-order valence-corrected chi connectivity index (χ0v) is 14.7. The van der Waals surface area contributed by atoms with Crippen molar-refractivity contribution in [2.45, 2.75) is 11.8 Å². The molecule has 0 amide bonds. The van der Waals surface area contributed by atoms with Gasteiger partial charge >= 0.3 is 11.8 Å². The van der Waals surface area contributed by atoms with E-state index in [0.29, 0.717) is 28.3 Å². The molecule has 1 aliphatic heterocycles. The van der Waals surface area contributed by atoms with E-state index < -0.39 is 11.8 Å². The number of ether oxygens (including phenoxy) is 1. The molecule has 2 N–H and O–H groups in total. The summed E-state index contributed by atoms with van der Waals surface area (Å²) in [6.07, 6.45) is 0.535.